The molecule has 2 fully saturated rings. The van der Waals surface area contributed by atoms with Gasteiger partial charge in [-0.2, -0.15) is 23.5 Å². The smallest absolute Gasteiger partial charge is 0.157 e. The van der Waals surface area contributed by atoms with Crippen molar-refractivity contribution in [1.29, 1.82) is 0 Å². The molecule has 6 heteroatoms. The van der Waals surface area contributed by atoms with Crippen molar-refractivity contribution in [3.05, 3.63) is 0 Å². The van der Waals surface area contributed by atoms with Crippen molar-refractivity contribution in [2.24, 2.45) is 5.41 Å². The average Bonchev–Trinajstić information content (AvgIpc) is 3.21. The third-order valence-electron chi connectivity index (χ3n) is 12.0. The number of hydrogen-bond donors (Lipinski definition) is 0. The van der Waals surface area contributed by atoms with E-state index < -0.39 is 0 Å². The van der Waals surface area contributed by atoms with E-state index in [9.17, 15) is 0 Å². The summed E-state index contributed by atoms with van der Waals surface area (Å²) in [4.78, 5) is 0. The number of ether oxygens (including phenoxy) is 4. The van der Waals surface area contributed by atoms with Gasteiger partial charge in [-0.15, -0.1) is 0 Å². The van der Waals surface area contributed by atoms with Crippen LogP contribution in [0.25, 0.3) is 0 Å². The monoisotopic (exact) mass is 813 g/mol. The summed E-state index contributed by atoms with van der Waals surface area (Å²) in [6.45, 7) is 7.41. The Bertz CT molecular complexity index is 688. The maximum atomic E-state index is 6.16. The molecule has 2 aliphatic rings. The maximum Gasteiger partial charge on any atom is 0.157 e. The minimum atomic E-state index is -0.114. The van der Waals surface area contributed by atoms with Crippen molar-refractivity contribution in [2.45, 2.75) is 258 Å². The Labute approximate surface area is 353 Å². The summed E-state index contributed by atoms with van der Waals surface area (Å²) in [5, 5.41) is 0. The molecule has 0 aromatic heterocycles. The van der Waals surface area contributed by atoms with Gasteiger partial charge in [0.1, 0.15) is 0 Å². The minimum Gasteiger partial charge on any atom is -0.352 e. The second-order valence-corrected chi connectivity index (χ2v) is 20.2. The highest BCUT2D eigenvalue weighted by Gasteiger charge is 2.41. The second kappa shape index (κ2) is 40.0. The van der Waals surface area contributed by atoms with E-state index >= 15 is 0 Å². The first-order chi connectivity index (χ1) is 27.3. The van der Waals surface area contributed by atoms with Crippen molar-refractivity contribution in [3.63, 3.8) is 0 Å². The van der Waals surface area contributed by atoms with Gasteiger partial charge in [0.05, 0.1) is 31.8 Å². The molecule has 0 unspecified atom stereocenters. The molecule has 55 heavy (non-hydrogen) atoms. The van der Waals surface area contributed by atoms with E-state index in [0.29, 0.717) is 26.4 Å². The largest absolute Gasteiger partial charge is 0.352 e. The van der Waals surface area contributed by atoms with Crippen molar-refractivity contribution < 1.29 is 18.9 Å². The van der Waals surface area contributed by atoms with Gasteiger partial charge in [-0.3, -0.25) is 0 Å². The van der Waals surface area contributed by atoms with Crippen LogP contribution in [0.5, 0.6) is 0 Å². The summed E-state index contributed by atoms with van der Waals surface area (Å²) in [5.74, 6) is 5.06. The number of unbranched alkanes of at least 4 members (excludes halogenated alkanes) is 30. The minimum absolute atomic E-state index is 0.0501. The molecule has 2 heterocycles. The Hall–Kier alpha value is 0.540. The Morgan fingerprint density at radius 1 is 0.309 bits per heavy atom. The predicted molar refractivity (Wildman–Crippen MR) is 246 cm³/mol. The Balaban J connectivity index is 1.25. The zero-order valence-corrected chi connectivity index (χ0v) is 38.8. The average molecular weight is 813 g/mol. The molecular formula is C49H96O4S2. The third-order valence-corrected chi connectivity index (χ3v) is 14.4. The van der Waals surface area contributed by atoms with E-state index in [-0.39, 0.29) is 18.0 Å². The molecule has 4 nitrogen and oxygen atoms in total. The first-order valence-corrected chi connectivity index (χ1v) is 27.2. The Morgan fingerprint density at radius 2 is 0.527 bits per heavy atom. The van der Waals surface area contributed by atoms with Crippen LogP contribution in [0.2, 0.25) is 0 Å². The number of rotatable bonds is 42. The fraction of sp³-hybridized carbons (Fsp3) is 1.00. The zero-order chi connectivity index (χ0) is 39.0. The molecular weight excluding hydrogens is 717 g/mol. The molecule has 2 rings (SSSR count). The lowest BCUT2D eigenvalue weighted by Crippen LogP contribution is -2.52. The van der Waals surface area contributed by atoms with E-state index in [2.05, 4.69) is 37.4 Å². The first kappa shape index (κ1) is 51.7. The number of thioether (sulfide) groups is 2. The molecule has 2 aliphatic heterocycles. The van der Waals surface area contributed by atoms with E-state index in [1.807, 2.05) is 0 Å². The van der Waals surface area contributed by atoms with Gasteiger partial charge in [-0.1, -0.05) is 206 Å². The second-order valence-electron chi connectivity index (χ2n) is 17.7. The standard InChI is InChI=1S/C49H96O4S2/c1-3-5-7-9-11-13-15-17-19-21-23-25-27-29-31-33-39-54-41-35-37-47-50-43-49(44-51-47)45-52-48(53-46-49)38-36-42-55-40-34-32-30-28-26-24-22-20-18-16-14-12-10-8-6-4-2/h47-48H,3-46H2,1-2H3. The topological polar surface area (TPSA) is 36.9 Å². The van der Waals surface area contributed by atoms with Gasteiger partial charge in [0.15, 0.2) is 12.6 Å². The molecule has 0 saturated carbocycles. The summed E-state index contributed by atoms with van der Waals surface area (Å²) in [7, 11) is 0. The molecule has 2 saturated heterocycles. The fourth-order valence-electron chi connectivity index (χ4n) is 8.17. The molecule has 0 atom stereocenters. The van der Waals surface area contributed by atoms with Gasteiger partial charge in [0, 0.05) is 0 Å². The summed E-state index contributed by atoms with van der Waals surface area (Å²) in [5.41, 5.74) is -0.114. The highest BCUT2D eigenvalue weighted by Crippen LogP contribution is 2.32. The maximum absolute atomic E-state index is 6.16. The lowest BCUT2D eigenvalue weighted by atomic mass is 9.90. The summed E-state index contributed by atoms with van der Waals surface area (Å²) >= 11 is 4.23. The molecule has 0 bridgehead atoms. The molecule has 0 aliphatic carbocycles. The first-order valence-electron chi connectivity index (χ1n) is 24.9. The van der Waals surface area contributed by atoms with E-state index in [1.54, 1.807) is 0 Å². The molecule has 1 spiro atoms. The van der Waals surface area contributed by atoms with Crippen LogP contribution in [-0.4, -0.2) is 62.0 Å². The number of hydrogen-bond acceptors (Lipinski definition) is 6. The molecule has 0 radical (unpaired) electrons. The van der Waals surface area contributed by atoms with Crippen molar-refractivity contribution in [3.8, 4) is 0 Å². The fourth-order valence-corrected chi connectivity index (χ4v) is 10.1. The van der Waals surface area contributed by atoms with Gasteiger partial charge >= 0.3 is 0 Å². The van der Waals surface area contributed by atoms with Crippen LogP contribution in [0.4, 0.5) is 0 Å². The molecule has 0 amide bonds. The van der Waals surface area contributed by atoms with Crippen molar-refractivity contribution in [2.75, 3.05) is 49.4 Å². The van der Waals surface area contributed by atoms with Crippen molar-refractivity contribution in [1.82, 2.24) is 0 Å². The highest BCUT2D eigenvalue weighted by atomic mass is 32.2. The van der Waals surface area contributed by atoms with Crippen LogP contribution in [0.1, 0.15) is 245 Å². The normalized spacial score (nSPS) is 20.2. The molecule has 0 N–H and O–H groups in total. The van der Waals surface area contributed by atoms with Gasteiger partial charge in [0.2, 0.25) is 0 Å². The van der Waals surface area contributed by atoms with Crippen LogP contribution in [0.15, 0.2) is 0 Å². The third kappa shape index (κ3) is 32.0. The van der Waals surface area contributed by atoms with Crippen LogP contribution < -0.4 is 0 Å². The summed E-state index contributed by atoms with van der Waals surface area (Å²) < 4.78 is 24.6. The van der Waals surface area contributed by atoms with E-state index in [0.717, 1.165) is 12.8 Å². The molecule has 0 aromatic carbocycles. The lowest BCUT2D eigenvalue weighted by molar-refractivity contribution is -0.303. The Morgan fingerprint density at radius 3 is 0.782 bits per heavy atom. The molecule has 0 aromatic rings. The Kier molecular flexibility index (Phi) is 37.6. The lowest BCUT2D eigenvalue weighted by Gasteiger charge is -2.43. The summed E-state index contributed by atoms with van der Waals surface area (Å²) in [6, 6.07) is 0. The van der Waals surface area contributed by atoms with E-state index in [4.69, 9.17) is 18.9 Å². The van der Waals surface area contributed by atoms with Gasteiger partial charge in [0.25, 0.3) is 0 Å². The van der Waals surface area contributed by atoms with Crippen LogP contribution in [0, 0.1) is 5.41 Å². The quantitative estimate of drug-likeness (QED) is 0.0572. The van der Waals surface area contributed by atoms with Gasteiger partial charge in [-0.25, -0.2) is 0 Å². The van der Waals surface area contributed by atoms with E-state index in [1.165, 1.54) is 241 Å². The van der Waals surface area contributed by atoms with Crippen LogP contribution >= 0.6 is 23.5 Å². The highest BCUT2D eigenvalue weighted by molar-refractivity contribution is 7.99. The van der Waals surface area contributed by atoms with Crippen LogP contribution in [0.3, 0.4) is 0 Å². The van der Waals surface area contributed by atoms with Crippen molar-refractivity contribution >= 4 is 23.5 Å². The van der Waals surface area contributed by atoms with Gasteiger partial charge < -0.3 is 18.9 Å². The van der Waals surface area contributed by atoms with Gasteiger partial charge in [-0.05, 0) is 61.5 Å². The predicted octanol–water partition coefficient (Wildman–Crippen LogP) is 16.3. The molecule has 328 valence electrons. The zero-order valence-electron chi connectivity index (χ0n) is 37.2. The SMILES string of the molecule is CCCCCCCCCCCCCCCCCCSCCCC1OCC2(CO1)COC(CCCSCCCCCCCCCCCCCCCCCC)OC2. The van der Waals surface area contributed by atoms with Crippen LogP contribution in [-0.2, 0) is 18.9 Å². The summed E-state index contributed by atoms with van der Waals surface area (Å²) in [6.07, 6.45) is 50.4.